The molecule has 0 spiro atoms. The van der Waals surface area contributed by atoms with E-state index in [1.165, 1.54) is 31.2 Å². The van der Waals surface area contributed by atoms with E-state index in [-0.39, 0.29) is 11.9 Å². The van der Waals surface area contributed by atoms with Gasteiger partial charge in [0.15, 0.2) is 0 Å². The minimum atomic E-state index is 0.210. The molecule has 2 aromatic rings. The number of hydrogen-bond donors (Lipinski definition) is 0. The summed E-state index contributed by atoms with van der Waals surface area (Å²) in [5.41, 5.74) is 3.29. The molecule has 0 unspecified atom stereocenters. The van der Waals surface area contributed by atoms with Crippen LogP contribution in [0.5, 0.6) is 0 Å². The predicted molar refractivity (Wildman–Crippen MR) is 151 cm³/mol. The average molecular weight is 496 g/mol. The molecule has 0 bridgehead atoms. The lowest BCUT2D eigenvalue weighted by Gasteiger charge is -2.37. The molecule has 6 heteroatoms. The van der Waals surface area contributed by atoms with E-state index in [2.05, 4.69) is 78.3 Å². The quantitative estimate of drug-likeness (QED) is 0.293. The fourth-order valence-corrected chi connectivity index (χ4v) is 5.16. The van der Waals surface area contributed by atoms with Gasteiger partial charge in [0.2, 0.25) is 5.91 Å². The molecule has 3 rings (SSSR count). The average Bonchev–Trinajstić information content (AvgIpc) is 3.24. The number of likely N-dealkylation sites (N-methyl/N-ethyl adjacent to an activating group) is 1. The van der Waals surface area contributed by atoms with Crippen LogP contribution in [0.1, 0.15) is 90.3 Å². The standard InChI is InChI=1S/C30H49N5O/c1-6-9-10-11-12-16-19-29(36)34(25(4)7-2)24-28-26(5)31-35(27-17-14-13-15-18-27)30(28)33-22-20-32(8-3)21-23-33/h13-15,17-18,25H,6-12,16,19-24H2,1-5H3/t25-/m1/s1. The van der Waals surface area contributed by atoms with Crippen LogP contribution in [0.25, 0.3) is 5.69 Å². The van der Waals surface area contributed by atoms with Crippen molar-refractivity contribution in [2.75, 3.05) is 37.6 Å². The van der Waals surface area contributed by atoms with Crippen molar-refractivity contribution in [3.8, 4) is 5.69 Å². The van der Waals surface area contributed by atoms with E-state index in [1.807, 2.05) is 6.07 Å². The highest BCUT2D eigenvalue weighted by Gasteiger charge is 2.28. The summed E-state index contributed by atoms with van der Waals surface area (Å²) in [4.78, 5) is 20.6. The van der Waals surface area contributed by atoms with Crippen molar-refractivity contribution in [2.24, 2.45) is 0 Å². The Morgan fingerprint density at radius 2 is 1.64 bits per heavy atom. The van der Waals surface area contributed by atoms with E-state index >= 15 is 0 Å². The lowest BCUT2D eigenvalue weighted by Crippen LogP contribution is -2.47. The molecule has 1 fully saturated rings. The van der Waals surface area contributed by atoms with Crippen molar-refractivity contribution in [1.82, 2.24) is 19.6 Å². The van der Waals surface area contributed by atoms with Gasteiger partial charge in [-0.05, 0) is 45.4 Å². The Hall–Kier alpha value is -2.34. The van der Waals surface area contributed by atoms with Crippen LogP contribution in [-0.2, 0) is 11.3 Å². The number of carbonyl (C=O) groups excluding carboxylic acids is 1. The van der Waals surface area contributed by atoms with Gasteiger partial charge in [0, 0.05) is 44.2 Å². The number of rotatable bonds is 14. The summed E-state index contributed by atoms with van der Waals surface area (Å²) in [5.74, 6) is 1.45. The molecule has 0 radical (unpaired) electrons. The van der Waals surface area contributed by atoms with Gasteiger partial charge in [0.25, 0.3) is 0 Å². The topological polar surface area (TPSA) is 44.6 Å². The first kappa shape index (κ1) is 28.2. The Bertz CT molecular complexity index is 917. The number of anilines is 1. The van der Waals surface area contributed by atoms with Crippen LogP contribution < -0.4 is 4.90 Å². The highest BCUT2D eigenvalue weighted by Crippen LogP contribution is 2.30. The molecule has 36 heavy (non-hydrogen) atoms. The number of carbonyl (C=O) groups is 1. The van der Waals surface area contributed by atoms with Gasteiger partial charge in [0.05, 0.1) is 17.9 Å². The van der Waals surface area contributed by atoms with Crippen LogP contribution in [0.3, 0.4) is 0 Å². The number of unbranched alkanes of at least 4 members (excludes halogenated alkanes) is 5. The van der Waals surface area contributed by atoms with Crippen LogP contribution in [0.15, 0.2) is 30.3 Å². The summed E-state index contributed by atoms with van der Waals surface area (Å²) in [7, 11) is 0. The number of nitrogens with zero attached hydrogens (tertiary/aromatic N) is 5. The van der Waals surface area contributed by atoms with Gasteiger partial charge in [-0.25, -0.2) is 4.68 Å². The molecule has 1 atom stereocenters. The van der Waals surface area contributed by atoms with Crippen molar-refractivity contribution in [3.63, 3.8) is 0 Å². The maximum Gasteiger partial charge on any atom is 0.223 e. The van der Waals surface area contributed by atoms with Crippen LogP contribution in [0.4, 0.5) is 5.82 Å². The van der Waals surface area contributed by atoms with Gasteiger partial charge in [0.1, 0.15) is 5.82 Å². The molecule has 200 valence electrons. The van der Waals surface area contributed by atoms with Crippen molar-refractivity contribution in [2.45, 2.75) is 98.6 Å². The molecule has 2 heterocycles. The molecule has 6 nitrogen and oxygen atoms in total. The van der Waals surface area contributed by atoms with E-state index in [9.17, 15) is 4.79 Å². The fraction of sp³-hybridized carbons (Fsp3) is 0.667. The molecule has 1 amide bonds. The minimum Gasteiger partial charge on any atom is -0.354 e. The van der Waals surface area contributed by atoms with E-state index in [0.717, 1.165) is 69.2 Å². The van der Waals surface area contributed by atoms with E-state index in [4.69, 9.17) is 5.10 Å². The number of para-hydroxylation sites is 1. The number of aryl methyl sites for hydroxylation is 1. The Morgan fingerprint density at radius 1 is 0.972 bits per heavy atom. The predicted octanol–water partition coefficient (Wildman–Crippen LogP) is 6.20. The summed E-state index contributed by atoms with van der Waals surface area (Å²) in [6.45, 7) is 16.7. The zero-order valence-electron chi connectivity index (χ0n) is 23.5. The van der Waals surface area contributed by atoms with Crippen molar-refractivity contribution >= 4 is 11.7 Å². The third-order valence-corrected chi connectivity index (χ3v) is 7.79. The van der Waals surface area contributed by atoms with Crippen molar-refractivity contribution in [3.05, 3.63) is 41.6 Å². The summed E-state index contributed by atoms with van der Waals surface area (Å²) in [5, 5.41) is 5.02. The Labute approximate surface area is 219 Å². The van der Waals surface area contributed by atoms with Gasteiger partial charge in [-0.15, -0.1) is 0 Å². The Kier molecular flexibility index (Phi) is 11.3. The van der Waals surface area contributed by atoms with Crippen LogP contribution in [0.2, 0.25) is 0 Å². The lowest BCUT2D eigenvalue weighted by atomic mass is 10.1. The second kappa shape index (κ2) is 14.4. The molecule has 0 aliphatic carbocycles. The molecular formula is C30H49N5O. The highest BCUT2D eigenvalue weighted by molar-refractivity contribution is 5.77. The number of piperazine rings is 1. The molecule has 1 aromatic carbocycles. The van der Waals surface area contributed by atoms with Crippen molar-refractivity contribution in [1.29, 1.82) is 0 Å². The SMILES string of the molecule is CCCCCCCCC(=O)N(Cc1c(C)nn(-c2ccccc2)c1N1CCN(CC)CC1)[C@H](C)CC. The smallest absolute Gasteiger partial charge is 0.223 e. The lowest BCUT2D eigenvalue weighted by molar-refractivity contribution is -0.134. The first-order chi connectivity index (χ1) is 17.5. The Morgan fingerprint density at radius 3 is 2.28 bits per heavy atom. The maximum atomic E-state index is 13.5. The first-order valence-electron chi connectivity index (χ1n) is 14.4. The van der Waals surface area contributed by atoms with Crippen LogP contribution >= 0.6 is 0 Å². The van der Waals surface area contributed by atoms with Gasteiger partial charge >= 0.3 is 0 Å². The molecule has 0 N–H and O–H groups in total. The van der Waals surface area contributed by atoms with E-state index in [0.29, 0.717) is 13.0 Å². The maximum absolute atomic E-state index is 13.5. The number of aromatic nitrogens is 2. The van der Waals surface area contributed by atoms with Gasteiger partial charge in [-0.3, -0.25) is 4.79 Å². The van der Waals surface area contributed by atoms with Crippen LogP contribution in [-0.4, -0.2) is 64.3 Å². The monoisotopic (exact) mass is 495 g/mol. The molecular weight excluding hydrogens is 446 g/mol. The zero-order valence-corrected chi connectivity index (χ0v) is 23.5. The summed E-state index contributed by atoms with van der Waals surface area (Å²) in [6, 6.07) is 10.6. The summed E-state index contributed by atoms with van der Waals surface area (Å²) in [6.07, 6.45) is 8.82. The minimum absolute atomic E-state index is 0.210. The highest BCUT2D eigenvalue weighted by atomic mass is 16.2. The van der Waals surface area contributed by atoms with Gasteiger partial charge < -0.3 is 14.7 Å². The third-order valence-electron chi connectivity index (χ3n) is 7.79. The van der Waals surface area contributed by atoms with E-state index < -0.39 is 0 Å². The molecule has 1 aromatic heterocycles. The molecule has 1 aliphatic heterocycles. The van der Waals surface area contributed by atoms with E-state index in [1.54, 1.807) is 0 Å². The van der Waals surface area contributed by atoms with Crippen LogP contribution in [0, 0.1) is 6.92 Å². The first-order valence-corrected chi connectivity index (χ1v) is 14.4. The second-order valence-corrected chi connectivity index (χ2v) is 10.4. The number of amides is 1. The van der Waals surface area contributed by atoms with Gasteiger partial charge in [-0.1, -0.05) is 71.1 Å². The molecule has 1 aliphatic rings. The largest absolute Gasteiger partial charge is 0.354 e. The zero-order chi connectivity index (χ0) is 25.9. The van der Waals surface area contributed by atoms with Gasteiger partial charge in [-0.2, -0.15) is 5.10 Å². The molecule has 1 saturated heterocycles. The number of hydrogen-bond acceptors (Lipinski definition) is 4. The Balaban J connectivity index is 1.85. The third kappa shape index (κ3) is 7.34. The summed E-state index contributed by atoms with van der Waals surface area (Å²) >= 11 is 0. The van der Waals surface area contributed by atoms with Crippen molar-refractivity contribution < 1.29 is 4.79 Å². The molecule has 0 saturated carbocycles. The second-order valence-electron chi connectivity index (χ2n) is 10.4. The summed E-state index contributed by atoms with van der Waals surface area (Å²) < 4.78 is 2.11. The number of benzene rings is 1. The normalized spacial score (nSPS) is 15.3. The fourth-order valence-electron chi connectivity index (χ4n) is 5.16.